The molecule has 6 atom stereocenters. The highest BCUT2D eigenvalue weighted by atomic mass is 16.5. The largest absolute Gasteiger partial charge is 0.508 e. The molecule has 1 fully saturated rings. The molecule has 0 bridgehead atoms. The van der Waals surface area contributed by atoms with Gasteiger partial charge >= 0.3 is 5.97 Å². The molecule has 3 aliphatic rings. The lowest BCUT2D eigenvalue weighted by Crippen LogP contribution is -2.71. The van der Waals surface area contributed by atoms with Gasteiger partial charge in [0.1, 0.15) is 28.9 Å². The summed E-state index contributed by atoms with van der Waals surface area (Å²) in [6, 6.07) is 11.7. The number of carbonyl (C=O) groups is 4. The molecule has 1 amide bonds. The SMILES string of the molecule is C[C@H]1c2cccc(O)c2C(O)=C2C(=O)[C@]3(O)C(O)=C(C(N)=O)C(=O)[C@@H](N(C)C)[C@@H]3[C@@H](OC(=O)Cc3ccccc3)[C@@H]21. The van der Waals surface area contributed by atoms with E-state index in [1.54, 1.807) is 49.4 Å². The average molecular weight is 563 g/mol. The molecule has 0 radical (unpaired) electrons. The number of hydrogen-bond donors (Lipinski definition) is 5. The molecule has 1 saturated carbocycles. The van der Waals surface area contributed by atoms with E-state index < -0.39 is 81.6 Å². The number of Topliss-reactive ketones (excluding diaryl/α,β-unsaturated/α-hetero) is 2. The number of amides is 1. The van der Waals surface area contributed by atoms with Crippen molar-refractivity contribution in [2.45, 2.75) is 37.0 Å². The van der Waals surface area contributed by atoms with Gasteiger partial charge in [0, 0.05) is 11.5 Å². The second kappa shape index (κ2) is 9.86. The van der Waals surface area contributed by atoms with Crippen molar-refractivity contribution in [2.75, 3.05) is 14.1 Å². The van der Waals surface area contributed by atoms with Crippen LogP contribution in [0.15, 0.2) is 65.4 Å². The van der Waals surface area contributed by atoms with Crippen LogP contribution in [0.2, 0.25) is 0 Å². The third kappa shape index (κ3) is 4.03. The van der Waals surface area contributed by atoms with Gasteiger partial charge in [-0.1, -0.05) is 49.4 Å². The number of nitrogens with two attached hydrogens (primary N) is 1. The number of primary amides is 1. The van der Waals surface area contributed by atoms with E-state index in [1.807, 2.05) is 0 Å². The second-order valence-corrected chi connectivity index (χ2v) is 10.9. The van der Waals surface area contributed by atoms with Crippen molar-refractivity contribution in [3.05, 3.63) is 82.1 Å². The van der Waals surface area contributed by atoms with Gasteiger partial charge in [0.25, 0.3) is 5.91 Å². The fraction of sp³-hybridized carbons (Fsp3) is 0.333. The molecule has 2 aromatic rings. The number of aliphatic hydroxyl groups is 3. The Kier molecular flexibility index (Phi) is 6.75. The van der Waals surface area contributed by atoms with Crippen LogP contribution in [0.4, 0.5) is 0 Å². The van der Waals surface area contributed by atoms with Gasteiger partial charge in [-0.05, 0) is 37.2 Å². The summed E-state index contributed by atoms with van der Waals surface area (Å²) >= 11 is 0. The summed E-state index contributed by atoms with van der Waals surface area (Å²) in [5.74, 6) is -9.91. The number of aliphatic hydroxyl groups excluding tert-OH is 2. The maximum atomic E-state index is 14.2. The van der Waals surface area contributed by atoms with Crippen LogP contribution in [0, 0.1) is 11.8 Å². The number of benzene rings is 2. The third-order valence-corrected chi connectivity index (χ3v) is 8.42. The van der Waals surface area contributed by atoms with Crippen LogP contribution < -0.4 is 5.73 Å². The summed E-state index contributed by atoms with van der Waals surface area (Å²) in [5, 5.41) is 45.2. The first-order chi connectivity index (χ1) is 19.3. The highest BCUT2D eigenvalue weighted by Gasteiger charge is 2.69. The van der Waals surface area contributed by atoms with Crippen molar-refractivity contribution >= 4 is 29.2 Å². The number of esters is 1. The molecule has 0 saturated heterocycles. The summed E-state index contributed by atoms with van der Waals surface area (Å²) in [6.07, 6.45) is -1.64. The Bertz CT molecular complexity index is 1540. The molecule has 2 aromatic carbocycles. The molecule has 0 aliphatic heterocycles. The lowest BCUT2D eigenvalue weighted by molar-refractivity contribution is -0.185. The van der Waals surface area contributed by atoms with Crippen molar-refractivity contribution in [3.8, 4) is 5.75 Å². The normalized spacial score (nSPS) is 29.1. The highest BCUT2D eigenvalue weighted by molar-refractivity contribution is 6.24. The zero-order chi connectivity index (χ0) is 30.0. The monoisotopic (exact) mass is 562 g/mol. The van der Waals surface area contributed by atoms with Crippen molar-refractivity contribution in [3.63, 3.8) is 0 Å². The van der Waals surface area contributed by atoms with Gasteiger partial charge in [-0.2, -0.15) is 0 Å². The molecule has 6 N–H and O–H groups in total. The van der Waals surface area contributed by atoms with E-state index >= 15 is 0 Å². The standard InChI is InChI=1S/C30H30N2O9/c1-13-15-10-7-11-16(33)19(15)24(35)20-18(13)26(41-17(34)12-14-8-5-4-6-9-14)22-23(32(2)3)25(36)21(29(31)39)28(38)30(22,40)27(20)37/h4-11,13,18,22-23,26,33,35,38,40H,12H2,1-3H3,(H2,31,39)/t13-,18+,22+,23-,26-,30-/m0/s1. The van der Waals surface area contributed by atoms with Gasteiger partial charge in [-0.15, -0.1) is 0 Å². The maximum Gasteiger partial charge on any atom is 0.310 e. The molecular weight excluding hydrogens is 532 g/mol. The molecule has 0 heterocycles. The van der Waals surface area contributed by atoms with Gasteiger partial charge in [-0.3, -0.25) is 24.1 Å². The van der Waals surface area contributed by atoms with Crippen LogP contribution in [0.25, 0.3) is 5.76 Å². The number of phenolic OH excluding ortho intramolecular Hbond substituents is 1. The molecule has 0 unspecified atom stereocenters. The van der Waals surface area contributed by atoms with Crippen LogP contribution in [-0.2, 0) is 30.3 Å². The Labute approximate surface area is 235 Å². The maximum absolute atomic E-state index is 14.2. The molecule has 214 valence electrons. The Balaban J connectivity index is 1.78. The molecule has 5 rings (SSSR count). The van der Waals surface area contributed by atoms with Crippen molar-refractivity contribution in [1.82, 2.24) is 4.90 Å². The van der Waals surface area contributed by atoms with Crippen molar-refractivity contribution < 1.29 is 44.3 Å². The summed E-state index contributed by atoms with van der Waals surface area (Å²) < 4.78 is 6.00. The Hall–Kier alpha value is -4.48. The number of likely N-dealkylation sites (N-methyl/N-ethyl adjacent to an activating group) is 1. The van der Waals surface area contributed by atoms with E-state index in [1.165, 1.54) is 25.1 Å². The Morgan fingerprint density at radius 2 is 1.68 bits per heavy atom. The first kappa shape index (κ1) is 28.1. The minimum absolute atomic E-state index is 0.0503. The first-order valence-electron chi connectivity index (χ1n) is 13.0. The fourth-order valence-corrected chi connectivity index (χ4v) is 6.64. The predicted molar refractivity (Wildman–Crippen MR) is 144 cm³/mol. The molecular formula is C30H30N2O9. The van der Waals surface area contributed by atoms with Gasteiger partial charge < -0.3 is 30.9 Å². The van der Waals surface area contributed by atoms with Crippen LogP contribution in [0.5, 0.6) is 5.75 Å². The van der Waals surface area contributed by atoms with Crippen LogP contribution in [-0.4, -0.2) is 80.6 Å². The number of nitrogens with zero attached hydrogens (tertiary/aromatic N) is 1. The van der Waals surface area contributed by atoms with E-state index in [0.717, 1.165) is 0 Å². The van der Waals surface area contributed by atoms with Crippen LogP contribution in [0.3, 0.4) is 0 Å². The topological polar surface area (TPSA) is 188 Å². The molecule has 11 heteroatoms. The Morgan fingerprint density at radius 1 is 1.02 bits per heavy atom. The minimum atomic E-state index is -2.98. The summed E-state index contributed by atoms with van der Waals surface area (Å²) in [4.78, 5) is 54.8. The van der Waals surface area contributed by atoms with Gasteiger partial charge in [-0.25, -0.2) is 0 Å². The quantitative estimate of drug-likeness (QED) is 0.262. The molecule has 41 heavy (non-hydrogen) atoms. The third-order valence-electron chi connectivity index (χ3n) is 8.42. The number of hydrogen-bond acceptors (Lipinski definition) is 10. The van der Waals surface area contributed by atoms with Crippen LogP contribution in [0.1, 0.15) is 29.5 Å². The number of ketones is 2. The minimum Gasteiger partial charge on any atom is -0.508 e. The van der Waals surface area contributed by atoms with E-state index in [9.17, 15) is 39.6 Å². The van der Waals surface area contributed by atoms with E-state index in [2.05, 4.69) is 0 Å². The number of carbonyl (C=O) groups excluding carboxylic acids is 4. The number of rotatable bonds is 5. The summed E-state index contributed by atoms with van der Waals surface area (Å²) in [7, 11) is 2.94. The number of fused-ring (bicyclic) bond motifs is 3. The van der Waals surface area contributed by atoms with Crippen LogP contribution >= 0.6 is 0 Å². The van der Waals surface area contributed by atoms with Gasteiger partial charge in [0.15, 0.2) is 11.4 Å². The van der Waals surface area contributed by atoms with E-state index in [4.69, 9.17) is 10.5 Å². The predicted octanol–water partition coefficient (Wildman–Crippen LogP) is 1.29. The summed E-state index contributed by atoms with van der Waals surface area (Å²) in [5.41, 5.74) is 2.06. The highest BCUT2D eigenvalue weighted by Crippen LogP contribution is 2.56. The molecule has 11 nitrogen and oxygen atoms in total. The second-order valence-electron chi connectivity index (χ2n) is 10.9. The zero-order valence-electron chi connectivity index (χ0n) is 22.6. The average Bonchev–Trinajstić information content (AvgIpc) is 2.90. The smallest absolute Gasteiger partial charge is 0.310 e. The molecule has 3 aliphatic carbocycles. The fourth-order valence-electron chi connectivity index (χ4n) is 6.64. The molecule has 0 aromatic heterocycles. The summed E-state index contributed by atoms with van der Waals surface area (Å²) in [6.45, 7) is 1.70. The molecule has 0 spiro atoms. The number of aromatic hydroxyl groups is 1. The van der Waals surface area contributed by atoms with Crippen molar-refractivity contribution in [2.24, 2.45) is 17.6 Å². The lowest BCUT2D eigenvalue weighted by atomic mass is 9.54. The Morgan fingerprint density at radius 3 is 2.29 bits per heavy atom. The zero-order valence-corrected chi connectivity index (χ0v) is 22.6. The lowest BCUT2D eigenvalue weighted by Gasteiger charge is -2.54. The number of phenols is 1. The number of ether oxygens (including phenoxy) is 1. The first-order valence-corrected chi connectivity index (χ1v) is 13.0. The van der Waals surface area contributed by atoms with Gasteiger partial charge in [0.2, 0.25) is 5.78 Å². The van der Waals surface area contributed by atoms with Gasteiger partial charge in [0.05, 0.1) is 23.9 Å². The van der Waals surface area contributed by atoms with E-state index in [0.29, 0.717) is 11.1 Å². The van der Waals surface area contributed by atoms with Crippen molar-refractivity contribution in [1.29, 1.82) is 0 Å². The van der Waals surface area contributed by atoms with E-state index in [-0.39, 0.29) is 17.7 Å².